The summed E-state index contributed by atoms with van der Waals surface area (Å²) in [4.78, 5) is 13.5. The fourth-order valence-corrected chi connectivity index (χ4v) is 3.31. The summed E-state index contributed by atoms with van der Waals surface area (Å²) in [7, 11) is 4.16. The highest BCUT2D eigenvalue weighted by atomic mass is 32.2. The molecular weight excluding hydrogens is 364 g/mol. The monoisotopic (exact) mass is 387 g/mol. The second-order valence-electron chi connectivity index (χ2n) is 6.40. The smallest absolute Gasteiger partial charge is 0.277 e. The number of amides is 1. The van der Waals surface area contributed by atoms with Crippen LogP contribution in [-0.4, -0.2) is 42.5 Å². The molecule has 1 amide bonds. The molecule has 3 aromatic rings. The van der Waals surface area contributed by atoms with Crippen molar-refractivity contribution in [3.63, 3.8) is 0 Å². The predicted octanol–water partition coefficient (Wildman–Crippen LogP) is 1.73. The molecule has 27 heavy (non-hydrogen) atoms. The zero-order chi connectivity index (χ0) is 19.2. The summed E-state index contributed by atoms with van der Waals surface area (Å²) in [6.07, 6.45) is 1.57. The van der Waals surface area contributed by atoms with Crippen LogP contribution in [0.2, 0.25) is 0 Å². The van der Waals surface area contributed by atoms with Crippen molar-refractivity contribution in [2.24, 2.45) is 0 Å². The summed E-state index contributed by atoms with van der Waals surface area (Å²) >= 11 is 1.22. The Balaban J connectivity index is 1.51. The number of aryl methyl sites for hydroxylation is 1. The molecule has 0 bridgehead atoms. The van der Waals surface area contributed by atoms with Gasteiger partial charge in [0.05, 0.1) is 38.2 Å². The van der Waals surface area contributed by atoms with E-state index in [0.29, 0.717) is 23.4 Å². The minimum absolute atomic E-state index is 0.0681. The lowest BCUT2D eigenvalue weighted by Crippen LogP contribution is -3.07. The summed E-state index contributed by atoms with van der Waals surface area (Å²) in [6.45, 7) is 2.39. The molecule has 0 aliphatic rings. The van der Waals surface area contributed by atoms with Crippen LogP contribution in [0.4, 0.5) is 0 Å². The Hall–Kier alpha value is -2.58. The molecule has 8 heteroatoms. The molecule has 3 rings (SSSR count). The van der Waals surface area contributed by atoms with Crippen molar-refractivity contribution >= 4 is 17.7 Å². The minimum atomic E-state index is -0.0681. The van der Waals surface area contributed by atoms with Crippen LogP contribution in [0.3, 0.4) is 0 Å². The van der Waals surface area contributed by atoms with Gasteiger partial charge in [0.2, 0.25) is 5.91 Å². The Morgan fingerprint density at radius 3 is 2.67 bits per heavy atom. The van der Waals surface area contributed by atoms with Crippen molar-refractivity contribution in [3.05, 3.63) is 54.0 Å². The summed E-state index contributed by atoms with van der Waals surface area (Å²) < 4.78 is 10.8. The van der Waals surface area contributed by atoms with Crippen LogP contribution in [0.1, 0.15) is 17.4 Å². The maximum Gasteiger partial charge on any atom is 0.277 e. The largest absolute Gasteiger partial charge is 0.469 e. The molecule has 1 aromatic carbocycles. The highest BCUT2D eigenvalue weighted by Crippen LogP contribution is 2.26. The van der Waals surface area contributed by atoms with Gasteiger partial charge >= 0.3 is 0 Å². The molecule has 0 spiro atoms. The van der Waals surface area contributed by atoms with Gasteiger partial charge in [-0.1, -0.05) is 42.1 Å². The molecule has 2 aromatic heterocycles. The number of hydrogen-bond acceptors (Lipinski definition) is 6. The minimum Gasteiger partial charge on any atom is -0.469 e. The maximum atomic E-state index is 12.2. The van der Waals surface area contributed by atoms with Crippen molar-refractivity contribution in [1.82, 2.24) is 15.5 Å². The number of aromatic nitrogens is 2. The summed E-state index contributed by atoms with van der Waals surface area (Å²) in [5.74, 6) is 1.26. The predicted molar refractivity (Wildman–Crippen MR) is 102 cm³/mol. The van der Waals surface area contributed by atoms with E-state index in [4.69, 9.17) is 8.83 Å². The van der Waals surface area contributed by atoms with Crippen LogP contribution in [0.15, 0.2) is 56.7 Å². The van der Waals surface area contributed by atoms with Crippen LogP contribution in [-0.2, 0) is 4.79 Å². The van der Waals surface area contributed by atoms with Crippen molar-refractivity contribution in [3.8, 4) is 11.5 Å². The average molecular weight is 387 g/mol. The molecule has 0 saturated heterocycles. The van der Waals surface area contributed by atoms with Gasteiger partial charge in [-0.05, 0) is 13.0 Å². The fraction of sp³-hybridized carbons (Fsp3) is 0.316. The zero-order valence-electron chi connectivity index (χ0n) is 15.6. The van der Waals surface area contributed by atoms with Gasteiger partial charge in [-0.2, -0.15) is 0 Å². The molecule has 0 aliphatic carbocycles. The third-order valence-corrected chi connectivity index (χ3v) is 5.04. The molecule has 0 aliphatic heterocycles. The van der Waals surface area contributed by atoms with Gasteiger partial charge in [-0.25, -0.2) is 0 Å². The van der Waals surface area contributed by atoms with Gasteiger partial charge < -0.3 is 19.1 Å². The van der Waals surface area contributed by atoms with Gasteiger partial charge in [0.1, 0.15) is 11.8 Å². The highest BCUT2D eigenvalue weighted by Gasteiger charge is 2.19. The number of rotatable bonds is 8. The number of carbonyl (C=O) groups excluding carboxylic acids is 1. The molecule has 7 nitrogen and oxygen atoms in total. The Kier molecular flexibility index (Phi) is 6.31. The second-order valence-corrected chi connectivity index (χ2v) is 7.32. The first-order valence-electron chi connectivity index (χ1n) is 8.67. The van der Waals surface area contributed by atoms with Crippen LogP contribution < -0.4 is 10.2 Å². The first-order valence-corrected chi connectivity index (χ1v) is 9.65. The van der Waals surface area contributed by atoms with E-state index in [0.717, 1.165) is 5.56 Å². The number of quaternary nitrogens is 1. The normalized spacial score (nSPS) is 12.3. The van der Waals surface area contributed by atoms with Crippen molar-refractivity contribution in [1.29, 1.82) is 0 Å². The maximum absolute atomic E-state index is 12.2. The van der Waals surface area contributed by atoms with Gasteiger partial charge in [0, 0.05) is 5.56 Å². The quantitative estimate of drug-likeness (QED) is 0.573. The van der Waals surface area contributed by atoms with E-state index in [9.17, 15) is 4.79 Å². The summed E-state index contributed by atoms with van der Waals surface area (Å²) in [6, 6.07) is 12.1. The van der Waals surface area contributed by atoms with Crippen LogP contribution >= 0.6 is 11.8 Å². The molecule has 1 atom stereocenters. The van der Waals surface area contributed by atoms with Crippen molar-refractivity contribution < 1.29 is 18.5 Å². The Morgan fingerprint density at radius 1 is 1.22 bits per heavy atom. The molecule has 2 heterocycles. The van der Waals surface area contributed by atoms with Gasteiger partial charge in [-0.15, -0.1) is 10.2 Å². The van der Waals surface area contributed by atoms with Crippen molar-refractivity contribution in [2.75, 3.05) is 26.4 Å². The number of furan rings is 1. The van der Waals surface area contributed by atoms with Gasteiger partial charge in [0.15, 0.2) is 0 Å². The Labute approximate surface area is 162 Å². The number of carbonyl (C=O) groups is 1. The number of nitrogens with one attached hydrogen (secondary N) is 2. The molecular formula is C19H23N4O3S+. The lowest BCUT2D eigenvalue weighted by atomic mass is 10.1. The second kappa shape index (κ2) is 8.88. The van der Waals surface area contributed by atoms with E-state index in [1.165, 1.54) is 22.2 Å². The number of likely N-dealkylation sites (N-methyl/N-ethyl adjacent to an activating group) is 1. The van der Waals surface area contributed by atoms with Gasteiger partial charge in [0.25, 0.3) is 11.1 Å². The number of benzene rings is 1. The summed E-state index contributed by atoms with van der Waals surface area (Å²) in [5, 5.41) is 11.3. The molecule has 0 fully saturated rings. The van der Waals surface area contributed by atoms with Crippen LogP contribution in [0.5, 0.6) is 0 Å². The van der Waals surface area contributed by atoms with Crippen LogP contribution in [0, 0.1) is 6.92 Å². The fourth-order valence-electron chi connectivity index (χ4n) is 2.72. The van der Waals surface area contributed by atoms with E-state index in [2.05, 4.69) is 41.7 Å². The lowest BCUT2D eigenvalue weighted by Gasteiger charge is -2.22. The zero-order valence-corrected chi connectivity index (χ0v) is 16.4. The standard InChI is InChI=1S/C19H22N4O3S/c1-13-15(9-10-25-13)18-21-22-19(26-18)27-12-17(24)20-11-16(23(2)3)14-7-5-4-6-8-14/h4-10,16H,11-12H2,1-3H3,(H,20,24)/p+1/t16-/m0/s1. The van der Waals surface area contributed by atoms with E-state index in [1.807, 2.05) is 25.1 Å². The van der Waals surface area contributed by atoms with E-state index < -0.39 is 0 Å². The third kappa shape index (κ3) is 4.99. The number of nitrogens with zero attached hydrogens (tertiary/aromatic N) is 2. The van der Waals surface area contributed by atoms with E-state index in [1.54, 1.807) is 12.3 Å². The first kappa shape index (κ1) is 19.2. The van der Waals surface area contributed by atoms with Crippen LogP contribution in [0.25, 0.3) is 11.5 Å². The SMILES string of the molecule is Cc1occc1-c1nnc(SCC(=O)NC[C@@H](c2ccccc2)[NH+](C)C)o1. The third-order valence-electron chi connectivity index (χ3n) is 4.22. The Bertz CT molecular complexity index is 876. The molecule has 0 unspecified atom stereocenters. The van der Waals surface area contributed by atoms with E-state index >= 15 is 0 Å². The first-order chi connectivity index (χ1) is 13.0. The number of hydrogen-bond donors (Lipinski definition) is 2. The molecule has 0 radical (unpaired) electrons. The summed E-state index contributed by atoms with van der Waals surface area (Å²) in [5.41, 5.74) is 1.96. The molecule has 2 N–H and O–H groups in total. The highest BCUT2D eigenvalue weighted by molar-refractivity contribution is 7.99. The molecule has 0 saturated carbocycles. The average Bonchev–Trinajstić information content (AvgIpc) is 3.29. The number of thioether (sulfide) groups is 1. The molecule has 142 valence electrons. The lowest BCUT2D eigenvalue weighted by molar-refractivity contribution is -0.890. The van der Waals surface area contributed by atoms with Gasteiger partial charge in [-0.3, -0.25) is 4.79 Å². The van der Waals surface area contributed by atoms with Crippen molar-refractivity contribution in [2.45, 2.75) is 18.2 Å². The topological polar surface area (TPSA) is 85.6 Å². The Morgan fingerprint density at radius 2 is 2.00 bits per heavy atom. The van der Waals surface area contributed by atoms with E-state index in [-0.39, 0.29) is 17.7 Å².